The summed E-state index contributed by atoms with van der Waals surface area (Å²) in [5.74, 6) is 1.38. The Hall–Kier alpha value is -2.36. The van der Waals surface area contributed by atoms with Gasteiger partial charge in [-0.3, -0.25) is 0 Å². The third kappa shape index (κ3) is 5.09. The third-order valence-corrected chi connectivity index (χ3v) is 4.79. The summed E-state index contributed by atoms with van der Waals surface area (Å²) in [7, 11) is 1.63. The largest absolute Gasteiger partial charge is 0.493 e. The lowest BCUT2D eigenvalue weighted by Gasteiger charge is -2.16. The molecule has 0 aliphatic heterocycles. The molecule has 0 atom stereocenters. The topological polar surface area (TPSA) is 30.5 Å². The van der Waals surface area contributed by atoms with Crippen LogP contribution in [0.5, 0.6) is 11.5 Å². The molecule has 0 saturated heterocycles. The number of para-hydroxylation sites is 1. The quantitative estimate of drug-likeness (QED) is 0.489. The van der Waals surface area contributed by atoms with Crippen molar-refractivity contribution in [1.29, 1.82) is 0 Å². The molecule has 3 aromatic rings. The average Bonchev–Trinajstić information content (AvgIpc) is 2.67. The minimum Gasteiger partial charge on any atom is -0.493 e. The summed E-state index contributed by atoms with van der Waals surface area (Å²) in [6.45, 7) is 3.01. The highest BCUT2D eigenvalue weighted by Gasteiger charge is 2.12. The SMILES string of the molecule is COc1cccc(CNc2ccc(C)cc2)c1OCc1ccc(Cl)cc1Cl. The number of hydrogen-bond donors (Lipinski definition) is 1. The Bertz CT molecular complexity index is 911. The molecule has 0 aliphatic carbocycles. The van der Waals surface area contributed by atoms with Gasteiger partial charge in [0.05, 0.1) is 7.11 Å². The number of rotatable bonds is 7. The van der Waals surface area contributed by atoms with E-state index in [2.05, 4.69) is 36.5 Å². The second-order valence-electron chi connectivity index (χ2n) is 6.19. The third-order valence-electron chi connectivity index (χ3n) is 4.20. The van der Waals surface area contributed by atoms with Crippen LogP contribution in [0.1, 0.15) is 16.7 Å². The second-order valence-corrected chi connectivity index (χ2v) is 7.04. The Labute approximate surface area is 169 Å². The zero-order valence-corrected chi connectivity index (χ0v) is 16.8. The molecule has 0 unspecified atom stereocenters. The number of aryl methyl sites for hydroxylation is 1. The summed E-state index contributed by atoms with van der Waals surface area (Å²) in [5.41, 5.74) is 4.14. The van der Waals surface area contributed by atoms with Gasteiger partial charge in [-0.15, -0.1) is 0 Å². The first-order chi connectivity index (χ1) is 13.1. The maximum Gasteiger partial charge on any atom is 0.166 e. The molecular weight excluding hydrogens is 381 g/mol. The molecule has 3 rings (SSSR count). The van der Waals surface area contributed by atoms with E-state index in [1.807, 2.05) is 24.3 Å². The number of methoxy groups -OCH3 is 1. The van der Waals surface area contributed by atoms with Crippen LogP contribution < -0.4 is 14.8 Å². The smallest absolute Gasteiger partial charge is 0.166 e. The van der Waals surface area contributed by atoms with Crippen molar-refractivity contribution in [1.82, 2.24) is 0 Å². The highest BCUT2D eigenvalue weighted by molar-refractivity contribution is 6.35. The lowest BCUT2D eigenvalue weighted by molar-refractivity contribution is 0.282. The van der Waals surface area contributed by atoms with E-state index in [4.69, 9.17) is 32.7 Å². The van der Waals surface area contributed by atoms with Crippen molar-refractivity contribution in [3.05, 3.63) is 87.4 Å². The highest BCUT2D eigenvalue weighted by atomic mass is 35.5. The first-order valence-corrected chi connectivity index (χ1v) is 9.35. The maximum absolute atomic E-state index is 6.26. The van der Waals surface area contributed by atoms with Crippen LogP contribution >= 0.6 is 23.2 Å². The van der Waals surface area contributed by atoms with Gasteiger partial charge in [-0.05, 0) is 37.3 Å². The van der Waals surface area contributed by atoms with Gasteiger partial charge in [-0.2, -0.15) is 0 Å². The molecule has 1 N–H and O–H groups in total. The van der Waals surface area contributed by atoms with E-state index in [0.717, 1.165) is 16.8 Å². The Morgan fingerprint density at radius 2 is 1.70 bits per heavy atom. The van der Waals surface area contributed by atoms with Gasteiger partial charge in [-0.25, -0.2) is 0 Å². The highest BCUT2D eigenvalue weighted by Crippen LogP contribution is 2.33. The van der Waals surface area contributed by atoms with Crippen molar-refractivity contribution in [3.63, 3.8) is 0 Å². The van der Waals surface area contributed by atoms with E-state index >= 15 is 0 Å². The molecule has 0 bridgehead atoms. The first-order valence-electron chi connectivity index (χ1n) is 8.60. The van der Waals surface area contributed by atoms with Crippen molar-refractivity contribution in [2.75, 3.05) is 12.4 Å². The fraction of sp³-hybridized carbons (Fsp3) is 0.182. The van der Waals surface area contributed by atoms with Gasteiger partial charge < -0.3 is 14.8 Å². The van der Waals surface area contributed by atoms with E-state index in [1.54, 1.807) is 19.2 Å². The standard InChI is InChI=1S/C22H21Cl2NO2/c1-15-6-10-19(11-7-15)25-13-16-4-3-5-21(26-2)22(16)27-14-17-8-9-18(23)12-20(17)24/h3-12,25H,13-14H2,1-2H3. The van der Waals surface area contributed by atoms with Gasteiger partial charge in [0.1, 0.15) is 6.61 Å². The summed E-state index contributed by atoms with van der Waals surface area (Å²) >= 11 is 12.2. The molecule has 3 nitrogen and oxygen atoms in total. The molecule has 0 aromatic heterocycles. The van der Waals surface area contributed by atoms with Gasteiger partial charge in [0.25, 0.3) is 0 Å². The van der Waals surface area contributed by atoms with Crippen LogP contribution in [0, 0.1) is 6.92 Å². The Morgan fingerprint density at radius 3 is 2.41 bits per heavy atom. The van der Waals surface area contributed by atoms with E-state index in [1.165, 1.54) is 5.56 Å². The van der Waals surface area contributed by atoms with Crippen LogP contribution in [0.15, 0.2) is 60.7 Å². The van der Waals surface area contributed by atoms with Gasteiger partial charge in [0.2, 0.25) is 0 Å². The van der Waals surface area contributed by atoms with Gasteiger partial charge in [0, 0.05) is 33.4 Å². The van der Waals surface area contributed by atoms with E-state index < -0.39 is 0 Å². The molecule has 0 fully saturated rings. The number of nitrogens with one attached hydrogen (secondary N) is 1. The molecule has 3 aromatic carbocycles. The molecule has 0 amide bonds. The van der Waals surface area contributed by atoms with Crippen molar-refractivity contribution in [2.45, 2.75) is 20.1 Å². The molecule has 0 heterocycles. The second kappa shape index (κ2) is 9.03. The van der Waals surface area contributed by atoms with Crippen molar-refractivity contribution < 1.29 is 9.47 Å². The molecule has 0 radical (unpaired) electrons. The van der Waals surface area contributed by atoms with E-state index in [-0.39, 0.29) is 0 Å². The molecule has 5 heteroatoms. The van der Waals surface area contributed by atoms with Gasteiger partial charge in [0.15, 0.2) is 11.5 Å². The predicted molar refractivity (Wildman–Crippen MR) is 112 cm³/mol. The van der Waals surface area contributed by atoms with Crippen LogP contribution in [0.3, 0.4) is 0 Å². The number of hydrogen-bond acceptors (Lipinski definition) is 3. The zero-order chi connectivity index (χ0) is 19.2. The van der Waals surface area contributed by atoms with E-state index in [9.17, 15) is 0 Å². The Kier molecular flexibility index (Phi) is 6.49. The summed E-state index contributed by atoms with van der Waals surface area (Å²) in [6, 6.07) is 19.5. The Morgan fingerprint density at radius 1 is 0.926 bits per heavy atom. The van der Waals surface area contributed by atoms with Crippen molar-refractivity contribution in [2.24, 2.45) is 0 Å². The number of ether oxygens (including phenoxy) is 2. The number of benzene rings is 3. The minimum atomic E-state index is 0.327. The Balaban J connectivity index is 1.77. The summed E-state index contributed by atoms with van der Waals surface area (Å²) < 4.78 is 11.6. The van der Waals surface area contributed by atoms with Crippen LogP contribution in [0.25, 0.3) is 0 Å². The van der Waals surface area contributed by atoms with Crippen LogP contribution in [-0.4, -0.2) is 7.11 Å². The molecule has 27 heavy (non-hydrogen) atoms. The van der Waals surface area contributed by atoms with Crippen LogP contribution in [0.2, 0.25) is 10.0 Å². The predicted octanol–water partition coefficient (Wildman–Crippen LogP) is 6.50. The van der Waals surface area contributed by atoms with Gasteiger partial charge >= 0.3 is 0 Å². The van der Waals surface area contributed by atoms with Crippen molar-refractivity contribution in [3.8, 4) is 11.5 Å². The molecular formula is C22H21Cl2NO2. The monoisotopic (exact) mass is 401 g/mol. The summed E-state index contributed by atoms with van der Waals surface area (Å²) in [4.78, 5) is 0. The first kappa shape index (κ1) is 19.4. The lowest BCUT2D eigenvalue weighted by atomic mass is 10.1. The average molecular weight is 402 g/mol. The molecule has 140 valence electrons. The molecule has 0 aliphatic rings. The number of halogens is 2. The summed E-state index contributed by atoms with van der Waals surface area (Å²) in [5, 5.41) is 4.60. The number of anilines is 1. The minimum absolute atomic E-state index is 0.327. The summed E-state index contributed by atoms with van der Waals surface area (Å²) in [6.07, 6.45) is 0. The fourth-order valence-corrected chi connectivity index (χ4v) is 3.15. The fourth-order valence-electron chi connectivity index (χ4n) is 2.68. The molecule has 0 spiro atoms. The lowest BCUT2D eigenvalue weighted by Crippen LogP contribution is -2.05. The van der Waals surface area contributed by atoms with Crippen LogP contribution in [-0.2, 0) is 13.2 Å². The van der Waals surface area contributed by atoms with Crippen LogP contribution in [0.4, 0.5) is 5.69 Å². The van der Waals surface area contributed by atoms with Gasteiger partial charge in [-0.1, -0.05) is 59.1 Å². The van der Waals surface area contributed by atoms with Crippen molar-refractivity contribution >= 4 is 28.9 Å². The maximum atomic E-state index is 6.26. The normalized spacial score (nSPS) is 10.5. The van der Waals surface area contributed by atoms with E-state index in [0.29, 0.717) is 34.7 Å². The molecule has 0 saturated carbocycles. The zero-order valence-electron chi connectivity index (χ0n) is 15.3.